The van der Waals surface area contributed by atoms with E-state index >= 15 is 0 Å². The first-order chi connectivity index (χ1) is 10.2. The lowest BCUT2D eigenvalue weighted by Crippen LogP contribution is -1.89. The average molecular weight is 298 g/mol. The molecule has 0 atom stereocenters. The van der Waals surface area contributed by atoms with Gasteiger partial charge in [-0.05, 0) is 12.1 Å². The van der Waals surface area contributed by atoms with Gasteiger partial charge in [-0.3, -0.25) is 4.98 Å². The molecule has 1 N–H and O–H groups in total. The van der Waals surface area contributed by atoms with E-state index in [9.17, 15) is 4.39 Å². The highest BCUT2D eigenvalue weighted by Gasteiger charge is 2.13. The fraction of sp³-hybridized carbons (Fsp3) is 0. The lowest BCUT2D eigenvalue weighted by molar-refractivity contribution is 0.633. The summed E-state index contributed by atoms with van der Waals surface area (Å²) >= 11 is 6.17. The molecule has 4 aromatic rings. The quantitative estimate of drug-likeness (QED) is 0.559. The van der Waals surface area contributed by atoms with Crippen molar-refractivity contribution < 1.29 is 4.39 Å². The van der Waals surface area contributed by atoms with Gasteiger partial charge in [0.1, 0.15) is 5.82 Å². The first-order valence-corrected chi connectivity index (χ1v) is 6.78. The summed E-state index contributed by atoms with van der Waals surface area (Å²) in [5.74, 6) is -0.349. The van der Waals surface area contributed by atoms with Gasteiger partial charge in [0.15, 0.2) is 0 Å². The number of nitrogens with one attached hydrogen (secondary N) is 1. The molecule has 2 heterocycles. The van der Waals surface area contributed by atoms with Crippen molar-refractivity contribution in [1.82, 2.24) is 15.0 Å². The van der Waals surface area contributed by atoms with Crippen LogP contribution in [0.2, 0.25) is 5.02 Å². The normalized spacial score (nSPS) is 11.3. The Labute approximate surface area is 124 Å². The lowest BCUT2D eigenvalue weighted by atomic mass is 10.0. The van der Waals surface area contributed by atoms with Gasteiger partial charge in [0.25, 0.3) is 0 Å². The van der Waals surface area contributed by atoms with Gasteiger partial charge in [0, 0.05) is 27.6 Å². The van der Waals surface area contributed by atoms with Crippen LogP contribution in [0.25, 0.3) is 33.1 Å². The molecule has 21 heavy (non-hydrogen) atoms. The van der Waals surface area contributed by atoms with Gasteiger partial charge in [-0.1, -0.05) is 29.8 Å². The third-order valence-corrected chi connectivity index (χ3v) is 3.84. The zero-order chi connectivity index (χ0) is 14.4. The SMILES string of the molecule is Fc1cc2ncc3[nH]cnc3c2cc1-c1ccccc1Cl. The molecule has 0 fully saturated rings. The number of rotatable bonds is 1. The van der Waals surface area contributed by atoms with Crippen LogP contribution in [0.4, 0.5) is 4.39 Å². The summed E-state index contributed by atoms with van der Waals surface area (Å²) < 4.78 is 14.4. The third-order valence-electron chi connectivity index (χ3n) is 3.51. The van der Waals surface area contributed by atoms with E-state index < -0.39 is 0 Å². The molecule has 0 radical (unpaired) electrons. The predicted octanol–water partition coefficient (Wildman–Crippen LogP) is 4.57. The minimum atomic E-state index is -0.349. The topological polar surface area (TPSA) is 41.6 Å². The van der Waals surface area contributed by atoms with E-state index in [0.717, 1.165) is 16.4 Å². The van der Waals surface area contributed by atoms with Crippen LogP contribution >= 0.6 is 11.6 Å². The molecule has 0 bridgehead atoms. The highest BCUT2D eigenvalue weighted by Crippen LogP contribution is 2.33. The number of benzene rings is 2. The van der Waals surface area contributed by atoms with E-state index in [4.69, 9.17) is 11.6 Å². The van der Waals surface area contributed by atoms with E-state index in [0.29, 0.717) is 21.7 Å². The number of imidazole rings is 1. The maximum absolute atomic E-state index is 14.4. The van der Waals surface area contributed by atoms with Crippen molar-refractivity contribution >= 4 is 33.5 Å². The standard InChI is InChI=1S/C16H9ClFN3/c17-12-4-2-1-3-9(12)10-5-11-14(6-13(10)18)19-7-15-16(11)21-8-20-15/h1-8H,(H,20,21). The van der Waals surface area contributed by atoms with Gasteiger partial charge in [-0.2, -0.15) is 0 Å². The van der Waals surface area contributed by atoms with Crippen LogP contribution < -0.4 is 0 Å². The Morgan fingerprint density at radius 3 is 2.76 bits per heavy atom. The Balaban J connectivity index is 2.10. The molecule has 0 saturated heterocycles. The van der Waals surface area contributed by atoms with Gasteiger partial charge in [0.05, 0.1) is 29.1 Å². The molecule has 0 aliphatic heterocycles. The summed E-state index contributed by atoms with van der Waals surface area (Å²) in [6.45, 7) is 0. The first kappa shape index (κ1) is 12.3. The van der Waals surface area contributed by atoms with E-state index in [2.05, 4.69) is 15.0 Å². The summed E-state index contributed by atoms with van der Waals surface area (Å²) in [6, 6.07) is 10.4. The number of aromatic amines is 1. The molecule has 0 aliphatic carbocycles. The largest absolute Gasteiger partial charge is 0.343 e. The van der Waals surface area contributed by atoms with Crippen LogP contribution in [-0.4, -0.2) is 15.0 Å². The Morgan fingerprint density at radius 1 is 1.05 bits per heavy atom. The van der Waals surface area contributed by atoms with Gasteiger partial charge in [-0.25, -0.2) is 9.37 Å². The van der Waals surface area contributed by atoms with E-state index in [-0.39, 0.29) is 5.82 Å². The molecule has 0 spiro atoms. The van der Waals surface area contributed by atoms with Crippen LogP contribution in [-0.2, 0) is 0 Å². The van der Waals surface area contributed by atoms with Crippen molar-refractivity contribution in [2.45, 2.75) is 0 Å². The van der Waals surface area contributed by atoms with Crippen LogP contribution in [0.1, 0.15) is 0 Å². The summed E-state index contributed by atoms with van der Waals surface area (Å²) in [6.07, 6.45) is 3.25. The summed E-state index contributed by atoms with van der Waals surface area (Å²) in [4.78, 5) is 11.5. The molecule has 102 valence electrons. The Hall–Kier alpha value is -2.46. The maximum atomic E-state index is 14.4. The Bertz CT molecular complexity index is 978. The Morgan fingerprint density at radius 2 is 1.90 bits per heavy atom. The van der Waals surface area contributed by atoms with Crippen molar-refractivity contribution in [3.63, 3.8) is 0 Å². The molecular formula is C16H9ClFN3. The molecule has 4 rings (SSSR count). The Kier molecular flexibility index (Phi) is 2.65. The lowest BCUT2D eigenvalue weighted by Gasteiger charge is -2.08. The highest BCUT2D eigenvalue weighted by atomic mass is 35.5. The minimum Gasteiger partial charge on any atom is -0.343 e. The monoisotopic (exact) mass is 297 g/mol. The number of H-pyrrole nitrogens is 1. The minimum absolute atomic E-state index is 0.349. The number of aromatic nitrogens is 3. The maximum Gasteiger partial charge on any atom is 0.133 e. The molecule has 3 nitrogen and oxygen atoms in total. The highest BCUT2D eigenvalue weighted by molar-refractivity contribution is 6.33. The molecule has 0 aliphatic rings. The molecular weight excluding hydrogens is 289 g/mol. The number of hydrogen-bond donors (Lipinski definition) is 1. The first-order valence-electron chi connectivity index (χ1n) is 6.40. The van der Waals surface area contributed by atoms with Crippen LogP contribution in [0.5, 0.6) is 0 Å². The van der Waals surface area contributed by atoms with E-state index in [1.807, 2.05) is 12.1 Å². The van der Waals surface area contributed by atoms with E-state index in [1.165, 1.54) is 6.07 Å². The van der Waals surface area contributed by atoms with Crippen molar-refractivity contribution in [3.8, 4) is 11.1 Å². The van der Waals surface area contributed by atoms with Crippen LogP contribution in [0.15, 0.2) is 48.9 Å². The third kappa shape index (κ3) is 1.87. The zero-order valence-electron chi connectivity index (χ0n) is 10.8. The predicted molar refractivity (Wildman–Crippen MR) is 81.8 cm³/mol. The molecule has 0 amide bonds. The van der Waals surface area contributed by atoms with Gasteiger partial charge in [-0.15, -0.1) is 0 Å². The summed E-state index contributed by atoms with van der Waals surface area (Å²) in [5, 5.41) is 1.31. The van der Waals surface area contributed by atoms with Crippen LogP contribution in [0, 0.1) is 5.82 Å². The summed E-state index contributed by atoms with van der Waals surface area (Å²) in [7, 11) is 0. The van der Waals surface area contributed by atoms with Gasteiger partial charge < -0.3 is 4.98 Å². The molecule has 2 aromatic heterocycles. The average Bonchev–Trinajstić information content (AvgIpc) is 2.96. The zero-order valence-corrected chi connectivity index (χ0v) is 11.5. The fourth-order valence-corrected chi connectivity index (χ4v) is 2.73. The number of fused-ring (bicyclic) bond motifs is 3. The molecule has 0 unspecified atom stereocenters. The fourth-order valence-electron chi connectivity index (χ4n) is 2.50. The second kappa shape index (κ2) is 4.53. The summed E-state index contributed by atoms with van der Waals surface area (Å²) in [5.41, 5.74) is 3.27. The van der Waals surface area contributed by atoms with E-state index in [1.54, 1.807) is 30.7 Å². The molecule has 5 heteroatoms. The smallest absolute Gasteiger partial charge is 0.133 e. The van der Waals surface area contributed by atoms with Crippen molar-refractivity contribution in [1.29, 1.82) is 0 Å². The van der Waals surface area contributed by atoms with Crippen molar-refractivity contribution in [2.75, 3.05) is 0 Å². The second-order valence-corrected chi connectivity index (χ2v) is 5.16. The van der Waals surface area contributed by atoms with Crippen molar-refractivity contribution in [2.24, 2.45) is 0 Å². The number of halogens is 2. The van der Waals surface area contributed by atoms with Gasteiger partial charge in [0.2, 0.25) is 0 Å². The molecule has 2 aromatic carbocycles. The van der Waals surface area contributed by atoms with Gasteiger partial charge >= 0.3 is 0 Å². The second-order valence-electron chi connectivity index (χ2n) is 4.75. The number of hydrogen-bond acceptors (Lipinski definition) is 2. The molecule has 0 saturated carbocycles. The number of pyridine rings is 1. The van der Waals surface area contributed by atoms with Crippen LogP contribution in [0.3, 0.4) is 0 Å². The number of nitrogens with zero attached hydrogens (tertiary/aromatic N) is 2. The van der Waals surface area contributed by atoms with Crippen molar-refractivity contribution in [3.05, 3.63) is 59.8 Å².